The van der Waals surface area contributed by atoms with Crippen LogP contribution in [0.2, 0.25) is 0 Å². The Hall–Kier alpha value is -1.69. The highest BCUT2D eigenvalue weighted by Crippen LogP contribution is 2.10. The molecule has 6 heteroatoms. The lowest BCUT2D eigenvalue weighted by molar-refractivity contribution is 0.0695. The van der Waals surface area contributed by atoms with E-state index in [1.165, 1.54) is 6.20 Å². The Morgan fingerprint density at radius 3 is 2.76 bits per heavy atom. The Morgan fingerprint density at radius 1 is 1.59 bits per heavy atom. The van der Waals surface area contributed by atoms with Crippen molar-refractivity contribution in [1.82, 2.24) is 9.97 Å². The quantitative estimate of drug-likeness (QED) is 0.687. The van der Waals surface area contributed by atoms with Crippen molar-refractivity contribution in [3.63, 3.8) is 0 Å². The standard InChI is InChI=1S/C11H17N3O3/c1-3-8(4-5-15)14-11-12-6-9(10(16)17)7(2)13-11/h6,8,15H,3-5H2,1-2H3,(H,16,17)(H,12,13,14). The zero-order valence-corrected chi connectivity index (χ0v) is 9.97. The summed E-state index contributed by atoms with van der Waals surface area (Å²) in [7, 11) is 0. The molecule has 0 spiro atoms. The zero-order chi connectivity index (χ0) is 12.8. The number of nitrogens with one attached hydrogen (secondary N) is 1. The molecule has 1 aromatic rings. The lowest BCUT2D eigenvalue weighted by Crippen LogP contribution is -2.21. The second kappa shape index (κ2) is 6.15. The first-order valence-electron chi connectivity index (χ1n) is 5.52. The molecule has 17 heavy (non-hydrogen) atoms. The van der Waals surface area contributed by atoms with Gasteiger partial charge in [-0.2, -0.15) is 0 Å². The first-order chi connectivity index (χ1) is 8.08. The predicted octanol–water partition coefficient (Wildman–Crippen LogP) is 1.06. The molecule has 0 aliphatic carbocycles. The van der Waals surface area contributed by atoms with Gasteiger partial charge >= 0.3 is 5.97 Å². The van der Waals surface area contributed by atoms with Crippen molar-refractivity contribution in [2.24, 2.45) is 0 Å². The Kier molecular flexibility index (Phi) is 4.84. The SMILES string of the molecule is CCC(CCO)Nc1ncc(C(=O)O)c(C)n1. The van der Waals surface area contributed by atoms with Crippen LogP contribution in [0.4, 0.5) is 5.95 Å². The van der Waals surface area contributed by atoms with Crippen molar-refractivity contribution in [2.45, 2.75) is 32.7 Å². The van der Waals surface area contributed by atoms with Gasteiger partial charge in [-0.3, -0.25) is 0 Å². The molecule has 0 aromatic carbocycles. The summed E-state index contributed by atoms with van der Waals surface area (Å²) in [6.45, 7) is 3.72. The van der Waals surface area contributed by atoms with Crippen LogP contribution in [0.25, 0.3) is 0 Å². The van der Waals surface area contributed by atoms with Gasteiger partial charge in [0.25, 0.3) is 0 Å². The molecule has 0 bridgehead atoms. The molecular weight excluding hydrogens is 222 g/mol. The average molecular weight is 239 g/mol. The normalized spacial score (nSPS) is 12.2. The predicted molar refractivity (Wildman–Crippen MR) is 63.1 cm³/mol. The molecule has 0 saturated heterocycles. The fourth-order valence-corrected chi connectivity index (χ4v) is 1.46. The van der Waals surface area contributed by atoms with Crippen LogP contribution >= 0.6 is 0 Å². The molecule has 0 aliphatic heterocycles. The van der Waals surface area contributed by atoms with Gasteiger partial charge in [0.2, 0.25) is 5.95 Å². The molecule has 1 atom stereocenters. The van der Waals surface area contributed by atoms with E-state index in [9.17, 15) is 4.79 Å². The Bertz CT molecular complexity index is 396. The molecular formula is C11H17N3O3. The summed E-state index contributed by atoms with van der Waals surface area (Å²) in [4.78, 5) is 18.8. The van der Waals surface area contributed by atoms with Crippen LogP contribution in [0.3, 0.4) is 0 Å². The van der Waals surface area contributed by atoms with E-state index in [2.05, 4.69) is 15.3 Å². The molecule has 0 amide bonds. The monoisotopic (exact) mass is 239 g/mol. The minimum Gasteiger partial charge on any atom is -0.478 e. The van der Waals surface area contributed by atoms with Crippen molar-refractivity contribution >= 4 is 11.9 Å². The summed E-state index contributed by atoms with van der Waals surface area (Å²) in [6.07, 6.45) is 2.74. The number of aryl methyl sites for hydroxylation is 1. The molecule has 6 nitrogen and oxygen atoms in total. The maximum Gasteiger partial charge on any atom is 0.339 e. The smallest absolute Gasteiger partial charge is 0.339 e. The van der Waals surface area contributed by atoms with E-state index in [1.54, 1.807) is 6.92 Å². The van der Waals surface area contributed by atoms with E-state index >= 15 is 0 Å². The number of rotatable bonds is 6. The summed E-state index contributed by atoms with van der Waals surface area (Å²) in [6, 6.07) is 0.0927. The Balaban J connectivity index is 2.79. The van der Waals surface area contributed by atoms with Gasteiger partial charge in [0.05, 0.1) is 11.3 Å². The maximum absolute atomic E-state index is 10.8. The van der Waals surface area contributed by atoms with Crippen LogP contribution in [0, 0.1) is 6.92 Å². The number of carboxylic acid groups (broad SMARTS) is 1. The minimum absolute atomic E-state index is 0.0927. The number of anilines is 1. The molecule has 0 fully saturated rings. The summed E-state index contributed by atoms with van der Waals surface area (Å²) in [5, 5.41) is 20.8. The van der Waals surface area contributed by atoms with Gasteiger partial charge in [0.1, 0.15) is 0 Å². The van der Waals surface area contributed by atoms with Gasteiger partial charge in [0.15, 0.2) is 0 Å². The largest absolute Gasteiger partial charge is 0.478 e. The third-order valence-corrected chi connectivity index (χ3v) is 2.51. The topological polar surface area (TPSA) is 95.3 Å². The van der Waals surface area contributed by atoms with Crippen molar-refractivity contribution in [2.75, 3.05) is 11.9 Å². The number of hydrogen-bond acceptors (Lipinski definition) is 5. The fourth-order valence-electron chi connectivity index (χ4n) is 1.46. The third-order valence-electron chi connectivity index (χ3n) is 2.51. The molecule has 1 rings (SSSR count). The van der Waals surface area contributed by atoms with E-state index in [0.717, 1.165) is 6.42 Å². The third kappa shape index (κ3) is 3.67. The molecule has 0 aliphatic rings. The zero-order valence-electron chi connectivity index (χ0n) is 9.97. The van der Waals surface area contributed by atoms with E-state index in [0.29, 0.717) is 18.1 Å². The summed E-state index contributed by atoms with van der Waals surface area (Å²) >= 11 is 0. The number of aromatic nitrogens is 2. The van der Waals surface area contributed by atoms with E-state index in [4.69, 9.17) is 10.2 Å². The lowest BCUT2D eigenvalue weighted by atomic mass is 10.1. The second-order valence-corrected chi connectivity index (χ2v) is 3.76. The number of carboxylic acids is 1. The first-order valence-corrected chi connectivity index (χ1v) is 5.52. The number of aliphatic hydroxyl groups excluding tert-OH is 1. The summed E-state index contributed by atoms with van der Waals surface area (Å²) < 4.78 is 0. The molecule has 1 heterocycles. The van der Waals surface area contributed by atoms with Gasteiger partial charge in [0, 0.05) is 18.8 Å². The first kappa shape index (κ1) is 13.4. The van der Waals surface area contributed by atoms with Crippen LogP contribution in [0.1, 0.15) is 35.8 Å². The van der Waals surface area contributed by atoms with Crippen molar-refractivity contribution < 1.29 is 15.0 Å². The van der Waals surface area contributed by atoms with E-state index < -0.39 is 5.97 Å². The van der Waals surface area contributed by atoms with Crippen LogP contribution in [-0.4, -0.2) is 38.8 Å². The Labute approximate surface area is 99.7 Å². The number of aromatic carboxylic acids is 1. The highest BCUT2D eigenvalue weighted by Gasteiger charge is 2.12. The van der Waals surface area contributed by atoms with Gasteiger partial charge in [-0.25, -0.2) is 14.8 Å². The minimum atomic E-state index is -1.03. The molecule has 0 radical (unpaired) electrons. The summed E-state index contributed by atoms with van der Waals surface area (Å²) in [5.41, 5.74) is 0.527. The molecule has 3 N–H and O–H groups in total. The molecule has 1 aromatic heterocycles. The van der Waals surface area contributed by atoms with Gasteiger partial charge in [-0.1, -0.05) is 6.92 Å². The molecule has 1 unspecified atom stereocenters. The van der Waals surface area contributed by atoms with Gasteiger partial charge < -0.3 is 15.5 Å². The van der Waals surface area contributed by atoms with Crippen molar-refractivity contribution in [3.8, 4) is 0 Å². The summed E-state index contributed by atoms with van der Waals surface area (Å²) in [5.74, 6) is -0.635. The van der Waals surface area contributed by atoms with Crippen LogP contribution in [-0.2, 0) is 0 Å². The van der Waals surface area contributed by atoms with Gasteiger partial charge in [-0.15, -0.1) is 0 Å². The van der Waals surface area contributed by atoms with Crippen LogP contribution in [0.5, 0.6) is 0 Å². The lowest BCUT2D eigenvalue weighted by Gasteiger charge is -2.15. The Morgan fingerprint density at radius 2 is 2.29 bits per heavy atom. The van der Waals surface area contributed by atoms with E-state index in [-0.39, 0.29) is 18.2 Å². The number of aliphatic hydroxyl groups is 1. The van der Waals surface area contributed by atoms with Crippen molar-refractivity contribution in [1.29, 1.82) is 0 Å². The molecule has 94 valence electrons. The highest BCUT2D eigenvalue weighted by molar-refractivity contribution is 5.88. The van der Waals surface area contributed by atoms with Crippen molar-refractivity contribution in [3.05, 3.63) is 17.5 Å². The van der Waals surface area contributed by atoms with Gasteiger partial charge in [-0.05, 0) is 19.8 Å². The number of nitrogens with zero attached hydrogens (tertiary/aromatic N) is 2. The van der Waals surface area contributed by atoms with Crippen LogP contribution in [0.15, 0.2) is 6.20 Å². The van der Waals surface area contributed by atoms with Crippen LogP contribution < -0.4 is 5.32 Å². The fraction of sp³-hybridized carbons (Fsp3) is 0.545. The second-order valence-electron chi connectivity index (χ2n) is 3.76. The number of carbonyl (C=O) groups is 1. The highest BCUT2D eigenvalue weighted by atomic mass is 16.4. The molecule has 0 saturated carbocycles. The number of hydrogen-bond donors (Lipinski definition) is 3. The maximum atomic E-state index is 10.8. The average Bonchev–Trinajstić information content (AvgIpc) is 2.28. The van der Waals surface area contributed by atoms with E-state index in [1.807, 2.05) is 6.92 Å².